The average molecular weight is 403 g/mol. The first-order chi connectivity index (χ1) is 13.3. The largest absolute Gasteiger partial charge is 0.456 e. The highest BCUT2D eigenvalue weighted by Gasteiger charge is 2.24. The highest BCUT2D eigenvalue weighted by molar-refractivity contribution is 7.98. The first kappa shape index (κ1) is 21.8. The predicted molar refractivity (Wildman–Crippen MR) is 111 cm³/mol. The second-order valence-corrected chi connectivity index (χ2v) is 7.53. The van der Waals surface area contributed by atoms with Crippen molar-refractivity contribution in [2.24, 2.45) is 7.05 Å². The first-order valence-corrected chi connectivity index (χ1v) is 10.4. The number of nitrogens with zero attached hydrogens (tertiary/aromatic N) is 1. The van der Waals surface area contributed by atoms with Crippen LogP contribution in [-0.2, 0) is 16.6 Å². The highest BCUT2D eigenvalue weighted by Crippen LogP contribution is 2.14. The van der Waals surface area contributed by atoms with Gasteiger partial charge in [-0.25, -0.2) is 4.79 Å². The van der Waals surface area contributed by atoms with Gasteiger partial charge in [-0.15, -0.1) is 0 Å². The van der Waals surface area contributed by atoms with E-state index in [2.05, 4.69) is 5.32 Å². The van der Waals surface area contributed by atoms with Crippen LogP contribution in [0.1, 0.15) is 38.5 Å². The maximum atomic E-state index is 12.5. The molecular formula is C21H26N2O4S. The zero-order valence-corrected chi connectivity index (χ0v) is 17.5. The number of aromatic nitrogens is 1. The SMILES string of the molecule is CSCC[C@H](NC(=O)c1ccccc1)C(=O)OCC(=O)c1cc(C)n(C)c1C. The van der Waals surface area contributed by atoms with Crippen LogP contribution in [0.2, 0.25) is 0 Å². The van der Waals surface area contributed by atoms with E-state index in [1.807, 2.05) is 37.8 Å². The Bertz CT molecular complexity index is 846. The fourth-order valence-corrected chi connectivity index (χ4v) is 3.24. The number of esters is 1. The Labute approximate surface area is 169 Å². The summed E-state index contributed by atoms with van der Waals surface area (Å²) in [5, 5.41) is 2.71. The van der Waals surface area contributed by atoms with Crippen molar-refractivity contribution in [3.05, 3.63) is 58.9 Å². The summed E-state index contributed by atoms with van der Waals surface area (Å²) in [6, 6.07) is 9.67. The molecule has 1 aromatic carbocycles. The van der Waals surface area contributed by atoms with Gasteiger partial charge in [0.05, 0.1) is 0 Å². The van der Waals surface area contributed by atoms with Gasteiger partial charge in [0, 0.05) is 29.6 Å². The van der Waals surface area contributed by atoms with Crippen LogP contribution < -0.4 is 5.32 Å². The average Bonchev–Trinajstić information content (AvgIpc) is 2.96. The van der Waals surface area contributed by atoms with Gasteiger partial charge in [-0.3, -0.25) is 9.59 Å². The molecule has 150 valence electrons. The summed E-state index contributed by atoms with van der Waals surface area (Å²) in [4.78, 5) is 37.3. The number of rotatable bonds is 9. The summed E-state index contributed by atoms with van der Waals surface area (Å²) in [7, 11) is 1.88. The van der Waals surface area contributed by atoms with E-state index in [1.165, 1.54) is 0 Å². The van der Waals surface area contributed by atoms with Crippen molar-refractivity contribution in [3.63, 3.8) is 0 Å². The molecule has 1 N–H and O–H groups in total. The van der Waals surface area contributed by atoms with Crippen molar-refractivity contribution in [2.75, 3.05) is 18.6 Å². The maximum absolute atomic E-state index is 12.5. The Kier molecular flexibility index (Phi) is 7.87. The Morgan fingerprint density at radius 3 is 2.43 bits per heavy atom. The van der Waals surface area contributed by atoms with Crippen LogP contribution in [0.3, 0.4) is 0 Å². The van der Waals surface area contributed by atoms with Crippen LogP contribution in [0, 0.1) is 13.8 Å². The number of Topliss-reactive ketones (excluding diaryl/α,β-unsaturated/α-hetero) is 1. The predicted octanol–water partition coefficient (Wildman–Crippen LogP) is 2.92. The number of ether oxygens (including phenoxy) is 1. The molecule has 2 rings (SSSR count). The molecule has 1 heterocycles. The molecule has 1 aromatic heterocycles. The van der Waals surface area contributed by atoms with Gasteiger partial charge in [0.2, 0.25) is 5.78 Å². The minimum absolute atomic E-state index is 0.257. The lowest BCUT2D eigenvalue weighted by atomic mass is 10.1. The highest BCUT2D eigenvalue weighted by atomic mass is 32.2. The van der Waals surface area contributed by atoms with Crippen LogP contribution in [0.15, 0.2) is 36.4 Å². The van der Waals surface area contributed by atoms with Crippen LogP contribution >= 0.6 is 11.8 Å². The summed E-state index contributed by atoms with van der Waals surface area (Å²) in [6.45, 7) is 3.41. The minimum Gasteiger partial charge on any atom is -0.456 e. The van der Waals surface area contributed by atoms with Crippen molar-refractivity contribution in [1.82, 2.24) is 9.88 Å². The molecule has 0 aliphatic carbocycles. The number of carbonyl (C=O) groups excluding carboxylic acids is 3. The molecule has 28 heavy (non-hydrogen) atoms. The van der Waals surface area contributed by atoms with Crippen LogP contribution in [-0.4, -0.2) is 46.9 Å². The molecule has 6 nitrogen and oxygen atoms in total. The Morgan fingerprint density at radius 2 is 1.86 bits per heavy atom. The summed E-state index contributed by atoms with van der Waals surface area (Å²) >= 11 is 1.57. The normalized spacial score (nSPS) is 11.7. The second-order valence-electron chi connectivity index (χ2n) is 6.55. The van der Waals surface area contributed by atoms with Crippen LogP contribution in [0.25, 0.3) is 0 Å². The second kappa shape index (κ2) is 10.1. The third-order valence-corrected chi connectivity index (χ3v) is 5.30. The number of ketones is 1. The zero-order chi connectivity index (χ0) is 20.7. The Hall–Kier alpha value is -2.54. The van der Waals surface area contributed by atoms with Gasteiger partial charge in [-0.2, -0.15) is 11.8 Å². The molecule has 0 aliphatic rings. The van der Waals surface area contributed by atoms with E-state index in [1.54, 1.807) is 42.1 Å². The van der Waals surface area contributed by atoms with Crippen molar-refractivity contribution in [3.8, 4) is 0 Å². The number of nitrogens with one attached hydrogen (secondary N) is 1. The third-order valence-electron chi connectivity index (χ3n) is 4.66. The maximum Gasteiger partial charge on any atom is 0.329 e. The Balaban J connectivity index is 2.01. The third kappa shape index (κ3) is 5.48. The van der Waals surface area contributed by atoms with Gasteiger partial charge in [0.25, 0.3) is 5.91 Å². The van der Waals surface area contributed by atoms with Gasteiger partial charge in [0.15, 0.2) is 6.61 Å². The first-order valence-electron chi connectivity index (χ1n) is 9.02. The summed E-state index contributed by atoms with van der Waals surface area (Å²) < 4.78 is 7.15. The number of benzene rings is 1. The van der Waals surface area contributed by atoms with Crippen LogP contribution in [0.4, 0.5) is 0 Å². The monoisotopic (exact) mass is 402 g/mol. The molecule has 0 saturated carbocycles. The molecule has 2 aromatic rings. The van der Waals surface area contributed by atoms with Gasteiger partial charge >= 0.3 is 5.97 Å². The fraction of sp³-hybridized carbons (Fsp3) is 0.381. The van der Waals surface area contributed by atoms with E-state index in [0.29, 0.717) is 23.3 Å². The van der Waals surface area contributed by atoms with E-state index in [-0.39, 0.29) is 18.3 Å². The lowest BCUT2D eigenvalue weighted by Crippen LogP contribution is -2.42. The van der Waals surface area contributed by atoms with E-state index in [0.717, 1.165) is 11.4 Å². The zero-order valence-electron chi connectivity index (χ0n) is 16.7. The van der Waals surface area contributed by atoms with Crippen molar-refractivity contribution in [2.45, 2.75) is 26.3 Å². The van der Waals surface area contributed by atoms with Gasteiger partial charge < -0.3 is 14.6 Å². The number of amides is 1. The number of carbonyl (C=O) groups is 3. The fourth-order valence-electron chi connectivity index (χ4n) is 2.77. The number of aryl methyl sites for hydroxylation is 1. The molecule has 1 amide bonds. The van der Waals surface area contributed by atoms with Crippen LogP contribution in [0.5, 0.6) is 0 Å². The lowest BCUT2D eigenvalue weighted by molar-refractivity contribution is -0.144. The summed E-state index contributed by atoms with van der Waals surface area (Å²) in [6.07, 6.45) is 2.35. The molecule has 7 heteroatoms. The smallest absolute Gasteiger partial charge is 0.329 e. The molecule has 0 fully saturated rings. The molecule has 0 radical (unpaired) electrons. The molecule has 0 unspecified atom stereocenters. The standard InChI is InChI=1S/C21H26N2O4S/c1-14-12-17(15(2)23(14)3)19(24)13-27-21(26)18(10-11-28-4)22-20(25)16-8-6-5-7-9-16/h5-9,12,18H,10-11,13H2,1-4H3,(H,22,25)/t18-/m0/s1. The van der Waals surface area contributed by atoms with Crippen molar-refractivity contribution < 1.29 is 19.1 Å². The van der Waals surface area contributed by atoms with Gasteiger partial charge in [-0.1, -0.05) is 18.2 Å². The number of hydrogen-bond acceptors (Lipinski definition) is 5. The molecule has 1 atom stereocenters. The number of thioether (sulfide) groups is 1. The van der Waals surface area contributed by atoms with Crippen molar-refractivity contribution >= 4 is 29.4 Å². The molecule has 0 saturated heterocycles. The molecule has 0 bridgehead atoms. The topological polar surface area (TPSA) is 77.4 Å². The lowest BCUT2D eigenvalue weighted by Gasteiger charge is -2.17. The Morgan fingerprint density at radius 1 is 1.18 bits per heavy atom. The minimum atomic E-state index is -0.799. The summed E-state index contributed by atoms with van der Waals surface area (Å²) in [5.41, 5.74) is 2.80. The van der Waals surface area contributed by atoms with Gasteiger partial charge in [-0.05, 0) is 50.5 Å². The quantitative estimate of drug-likeness (QED) is 0.515. The van der Waals surface area contributed by atoms with E-state index in [4.69, 9.17) is 4.74 Å². The van der Waals surface area contributed by atoms with E-state index >= 15 is 0 Å². The van der Waals surface area contributed by atoms with E-state index in [9.17, 15) is 14.4 Å². The van der Waals surface area contributed by atoms with E-state index < -0.39 is 12.0 Å². The van der Waals surface area contributed by atoms with Gasteiger partial charge in [0.1, 0.15) is 6.04 Å². The van der Waals surface area contributed by atoms with Crippen molar-refractivity contribution in [1.29, 1.82) is 0 Å². The molecule has 0 aliphatic heterocycles. The molecule has 0 spiro atoms. The molecular weight excluding hydrogens is 376 g/mol. The summed E-state index contributed by atoms with van der Waals surface area (Å²) in [5.74, 6) is -0.520. The number of hydrogen-bond donors (Lipinski definition) is 1.